The van der Waals surface area contributed by atoms with Gasteiger partial charge in [0.05, 0.1) is 12.2 Å². The van der Waals surface area contributed by atoms with E-state index in [0.29, 0.717) is 5.69 Å². The van der Waals surface area contributed by atoms with Crippen molar-refractivity contribution in [3.05, 3.63) is 47.8 Å². The molecule has 0 bridgehead atoms. The number of nitrogens with zero attached hydrogens (tertiary/aromatic N) is 3. The van der Waals surface area contributed by atoms with Crippen molar-refractivity contribution in [2.45, 2.75) is 19.9 Å². The fourth-order valence-corrected chi connectivity index (χ4v) is 2.45. The number of amides is 2. The Balaban J connectivity index is 1.86. The standard InChI is InChI=1S/C15H13F2N3O2/c1-9-7-13(21)19(15(9)22)8-10-5-6-20(18-10)14-11(16)3-2-4-12(14)17/h2-6,9H,7-8H2,1H3/t9-/m1/s1. The van der Waals surface area contributed by atoms with Gasteiger partial charge in [-0.25, -0.2) is 13.5 Å². The molecular formula is C15H13F2N3O2. The maximum Gasteiger partial charge on any atom is 0.232 e. The molecule has 22 heavy (non-hydrogen) atoms. The smallest absolute Gasteiger partial charge is 0.232 e. The van der Waals surface area contributed by atoms with Gasteiger partial charge < -0.3 is 0 Å². The summed E-state index contributed by atoms with van der Waals surface area (Å²) in [5.74, 6) is -2.33. The average Bonchev–Trinajstić information content (AvgIpc) is 3.00. The van der Waals surface area contributed by atoms with Crippen molar-refractivity contribution in [1.82, 2.24) is 14.7 Å². The fourth-order valence-electron chi connectivity index (χ4n) is 2.45. The predicted molar refractivity (Wildman–Crippen MR) is 72.8 cm³/mol. The van der Waals surface area contributed by atoms with Crippen LogP contribution < -0.4 is 0 Å². The van der Waals surface area contributed by atoms with Gasteiger partial charge in [-0.3, -0.25) is 14.5 Å². The van der Waals surface area contributed by atoms with Gasteiger partial charge in [0, 0.05) is 18.5 Å². The first-order chi connectivity index (χ1) is 10.5. The molecule has 1 saturated heterocycles. The molecular weight excluding hydrogens is 292 g/mol. The number of aromatic nitrogens is 2. The second-order valence-corrected chi connectivity index (χ2v) is 5.25. The molecule has 1 aromatic heterocycles. The third-order valence-electron chi connectivity index (χ3n) is 3.60. The van der Waals surface area contributed by atoms with Crippen LogP contribution in [-0.4, -0.2) is 26.5 Å². The quantitative estimate of drug-likeness (QED) is 0.816. The number of carbonyl (C=O) groups is 2. The van der Waals surface area contributed by atoms with Gasteiger partial charge in [-0.15, -0.1) is 0 Å². The molecule has 1 fully saturated rings. The van der Waals surface area contributed by atoms with E-state index in [2.05, 4.69) is 5.10 Å². The molecule has 0 spiro atoms. The van der Waals surface area contributed by atoms with Crippen molar-refractivity contribution >= 4 is 11.8 Å². The third kappa shape index (κ3) is 2.38. The van der Waals surface area contributed by atoms with Gasteiger partial charge in [-0.2, -0.15) is 5.10 Å². The largest absolute Gasteiger partial charge is 0.276 e. The second kappa shape index (κ2) is 5.32. The first-order valence-corrected chi connectivity index (χ1v) is 6.80. The zero-order valence-corrected chi connectivity index (χ0v) is 11.8. The summed E-state index contributed by atoms with van der Waals surface area (Å²) in [5, 5.41) is 4.05. The lowest BCUT2D eigenvalue weighted by atomic mass is 10.1. The van der Waals surface area contributed by atoms with Crippen molar-refractivity contribution in [3.8, 4) is 5.69 Å². The van der Waals surface area contributed by atoms with Crippen LogP contribution in [0.1, 0.15) is 19.0 Å². The number of imide groups is 1. The van der Waals surface area contributed by atoms with Crippen LogP contribution in [0.3, 0.4) is 0 Å². The molecule has 0 unspecified atom stereocenters. The molecule has 0 radical (unpaired) electrons. The number of carbonyl (C=O) groups excluding carboxylic acids is 2. The van der Waals surface area contributed by atoms with E-state index in [1.54, 1.807) is 6.92 Å². The highest BCUT2D eigenvalue weighted by atomic mass is 19.1. The molecule has 1 aromatic carbocycles. The molecule has 5 nitrogen and oxygen atoms in total. The summed E-state index contributed by atoms with van der Waals surface area (Å²) in [6.45, 7) is 1.69. The molecule has 0 saturated carbocycles. The molecule has 2 amide bonds. The summed E-state index contributed by atoms with van der Waals surface area (Å²) < 4.78 is 28.5. The minimum atomic E-state index is -0.739. The zero-order valence-electron chi connectivity index (χ0n) is 11.8. The van der Waals surface area contributed by atoms with Crippen LogP contribution in [0.15, 0.2) is 30.5 Å². The third-order valence-corrected chi connectivity index (χ3v) is 3.60. The van der Waals surface area contributed by atoms with Crippen molar-refractivity contribution in [1.29, 1.82) is 0 Å². The number of halogens is 2. The highest BCUT2D eigenvalue weighted by Crippen LogP contribution is 2.22. The van der Waals surface area contributed by atoms with Crippen molar-refractivity contribution in [2.24, 2.45) is 5.92 Å². The minimum absolute atomic E-state index is 0.00504. The molecule has 2 aromatic rings. The van der Waals surface area contributed by atoms with Crippen LogP contribution in [0.4, 0.5) is 8.78 Å². The van der Waals surface area contributed by atoms with Gasteiger partial charge in [0.25, 0.3) is 0 Å². The van der Waals surface area contributed by atoms with Crippen LogP contribution in [0, 0.1) is 17.6 Å². The molecule has 0 N–H and O–H groups in total. The summed E-state index contributed by atoms with van der Waals surface area (Å²) >= 11 is 0. The predicted octanol–water partition coefficient (Wildman–Crippen LogP) is 2.05. The Labute approximate surface area is 125 Å². The summed E-state index contributed by atoms with van der Waals surface area (Å²) in [4.78, 5) is 24.7. The maximum atomic E-state index is 13.7. The number of rotatable bonds is 3. The molecule has 2 heterocycles. The van der Waals surface area contributed by atoms with Crippen molar-refractivity contribution < 1.29 is 18.4 Å². The highest BCUT2D eigenvalue weighted by molar-refractivity contribution is 6.03. The normalized spacial score (nSPS) is 18.3. The van der Waals surface area contributed by atoms with Crippen molar-refractivity contribution in [3.63, 3.8) is 0 Å². The van der Waals surface area contributed by atoms with E-state index in [1.165, 1.54) is 18.3 Å². The zero-order chi connectivity index (χ0) is 15.9. The lowest BCUT2D eigenvalue weighted by molar-refractivity contribution is -0.140. The topological polar surface area (TPSA) is 55.2 Å². The molecule has 1 atom stereocenters. The second-order valence-electron chi connectivity index (χ2n) is 5.25. The monoisotopic (exact) mass is 305 g/mol. The lowest BCUT2D eigenvalue weighted by Crippen LogP contribution is -2.29. The van der Waals surface area contributed by atoms with E-state index in [1.807, 2.05) is 0 Å². The van der Waals surface area contributed by atoms with Gasteiger partial charge >= 0.3 is 0 Å². The molecule has 114 valence electrons. The van der Waals surface area contributed by atoms with Gasteiger partial charge in [-0.05, 0) is 18.2 Å². The van der Waals surface area contributed by atoms with E-state index >= 15 is 0 Å². The van der Waals surface area contributed by atoms with Crippen molar-refractivity contribution in [2.75, 3.05) is 0 Å². The minimum Gasteiger partial charge on any atom is -0.276 e. The van der Waals surface area contributed by atoms with Gasteiger partial charge in [-0.1, -0.05) is 13.0 Å². The van der Waals surface area contributed by atoms with Crippen LogP contribution in [0.2, 0.25) is 0 Å². The summed E-state index contributed by atoms with van der Waals surface area (Å²) in [7, 11) is 0. The first-order valence-electron chi connectivity index (χ1n) is 6.80. The Morgan fingerprint density at radius 3 is 2.50 bits per heavy atom. The van der Waals surface area contributed by atoms with Gasteiger partial charge in [0.2, 0.25) is 11.8 Å². The van der Waals surface area contributed by atoms with Crippen LogP contribution in [0.25, 0.3) is 5.69 Å². The fraction of sp³-hybridized carbons (Fsp3) is 0.267. The van der Waals surface area contributed by atoms with Gasteiger partial charge in [0.1, 0.15) is 5.69 Å². The Kier molecular flexibility index (Phi) is 3.48. The molecule has 1 aliphatic heterocycles. The Morgan fingerprint density at radius 1 is 1.23 bits per heavy atom. The van der Waals surface area contributed by atoms with E-state index in [9.17, 15) is 18.4 Å². The molecule has 0 aliphatic carbocycles. The molecule has 7 heteroatoms. The Bertz CT molecular complexity index is 737. The summed E-state index contributed by atoms with van der Waals surface area (Å²) in [6.07, 6.45) is 1.58. The van der Waals surface area contributed by atoms with Gasteiger partial charge in [0.15, 0.2) is 11.6 Å². The van der Waals surface area contributed by atoms with E-state index in [0.717, 1.165) is 21.7 Å². The van der Waals surface area contributed by atoms with E-state index in [4.69, 9.17) is 0 Å². The Morgan fingerprint density at radius 2 is 1.91 bits per heavy atom. The molecule has 3 rings (SSSR count). The van der Waals surface area contributed by atoms with E-state index in [-0.39, 0.29) is 36.4 Å². The maximum absolute atomic E-state index is 13.7. The average molecular weight is 305 g/mol. The number of benzene rings is 1. The van der Waals surface area contributed by atoms with Crippen LogP contribution in [0.5, 0.6) is 0 Å². The summed E-state index contributed by atoms with van der Waals surface area (Å²) in [6, 6.07) is 5.06. The summed E-state index contributed by atoms with van der Waals surface area (Å²) in [5.41, 5.74) is 0.0969. The van der Waals surface area contributed by atoms with E-state index < -0.39 is 11.6 Å². The first kappa shape index (κ1) is 14.4. The van der Waals surface area contributed by atoms with Crippen LogP contribution >= 0.6 is 0 Å². The number of hydrogen-bond donors (Lipinski definition) is 0. The Hall–Kier alpha value is -2.57. The number of hydrogen-bond acceptors (Lipinski definition) is 3. The molecule has 1 aliphatic rings. The lowest BCUT2D eigenvalue weighted by Gasteiger charge is -2.12. The number of likely N-dealkylation sites (tertiary alicyclic amines) is 1. The highest BCUT2D eigenvalue weighted by Gasteiger charge is 2.35. The van der Waals surface area contributed by atoms with Crippen LogP contribution in [-0.2, 0) is 16.1 Å². The SMILES string of the molecule is C[C@@H]1CC(=O)N(Cc2ccn(-c3c(F)cccc3F)n2)C1=O. The number of para-hydroxylation sites is 1.